The fourth-order valence-corrected chi connectivity index (χ4v) is 3.72. The van der Waals surface area contributed by atoms with Gasteiger partial charge in [-0.25, -0.2) is 13.1 Å². The first-order chi connectivity index (χ1) is 15.4. The highest BCUT2D eigenvalue weighted by Crippen LogP contribution is 2.36. The molecule has 33 heavy (non-hydrogen) atoms. The predicted molar refractivity (Wildman–Crippen MR) is 106 cm³/mol. The Labute approximate surface area is 181 Å². The molecule has 0 saturated carbocycles. The second-order valence-electron chi connectivity index (χ2n) is 7.18. The summed E-state index contributed by atoms with van der Waals surface area (Å²) in [7, 11) is -1.96. The average Bonchev–Trinajstić information content (AvgIpc) is 2.73. The number of para-hydroxylation sites is 2. The molecule has 0 unspecified atom stereocenters. The van der Waals surface area contributed by atoms with Crippen LogP contribution in [0.2, 0.25) is 0 Å². The molecule has 0 radical (unpaired) electrons. The minimum absolute atomic E-state index is 0.0755. The summed E-state index contributed by atoms with van der Waals surface area (Å²) in [5.41, 5.74) is -3.14. The van der Waals surface area contributed by atoms with Crippen molar-refractivity contribution in [1.82, 2.24) is 4.57 Å². The van der Waals surface area contributed by atoms with E-state index < -0.39 is 53.1 Å². The molecule has 0 spiro atoms. The largest absolute Gasteiger partial charge is 0.809 e. The fourth-order valence-electron chi connectivity index (χ4n) is 3.72. The number of hydrogen-bond donors (Lipinski definition) is 0. The lowest BCUT2D eigenvalue weighted by atomic mass is 10.0. The van der Waals surface area contributed by atoms with Crippen molar-refractivity contribution >= 4 is 35.0 Å². The van der Waals surface area contributed by atoms with Crippen molar-refractivity contribution in [3.8, 4) is 0 Å². The molecule has 2 heterocycles. The summed E-state index contributed by atoms with van der Waals surface area (Å²) >= 11 is 0. The Morgan fingerprint density at radius 1 is 0.788 bits per heavy atom. The summed E-state index contributed by atoms with van der Waals surface area (Å²) in [5, 5.41) is -0.647. The monoisotopic (exact) mass is 470 g/mol. The van der Waals surface area contributed by atoms with E-state index in [9.17, 15) is 35.0 Å². The molecule has 0 aliphatic heterocycles. The molecule has 4 aromatic rings. The molecule has 2 aromatic heterocycles. The van der Waals surface area contributed by atoms with Crippen LogP contribution in [-0.4, -0.2) is 12.0 Å². The zero-order chi connectivity index (χ0) is 24.1. The van der Waals surface area contributed by atoms with Gasteiger partial charge in [0.15, 0.2) is 0 Å². The van der Waals surface area contributed by atoms with Gasteiger partial charge < -0.3 is 4.57 Å². The molecule has 2 aromatic carbocycles. The number of rotatable bonds is 2. The van der Waals surface area contributed by atoms with Crippen molar-refractivity contribution in [3.05, 3.63) is 77.3 Å². The average molecular weight is 470 g/mol. The molecule has 4 rings (SSSR count). The molecule has 0 aliphatic rings. The maximum absolute atomic E-state index is 13.9. The lowest BCUT2D eigenvalue weighted by Gasteiger charge is -2.13. The number of aryl methyl sites for hydroxylation is 1. The molecular weight excluding hydrogens is 457 g/mol. The first-order valence-corrected chi connectivity index (χ1v) is 9.43. The summed E-state index contributed by atoms with van der Waals surface area (Å²) in [6.45, 7) is 0. The van der Waals surface area contributed by atoms with Crippen LogP contribution < -0.4 is 9.97 Å². The van der Waals surface area contributed by atoms with E-state index in [0.29, 0.717) is 12.1 Å². The minimum atomic E-state index is -4.91. The number of halogens is 8. The predicted octanol–water partition coefficient (Wildman–Crippen LogP) is 5.66. The van der Waals surface area contributed by atoms with E-state index in [4.69, 9.17) is 0 Å². The topological polar surface area (TPSA) is 21.2 Å². The van der Waals surface area contributed by atoms with Crippen LogP contribution in [0.15, 0.2) is 65.7 Å². The Kier molecular flexibility index (Phi) is 5.41. The minimum Gasteiger partial charge on any atom is -0.308 e. The first-order valence-electron chi connectivity index (χ1n) is 9.43. The highest BCUT2D eigenvalue weighted by molar-refractivity contribution is 6.33. The molecule has 0 saturated heterocycles. The molecule has 0 aliphatic carbocycles. The van der Waals surface area contributed by atoms with Crippen LogP contribution in [0.4, 0.5) is 40.8 Å². The first kappa shape index (κ1) is 22.7. The highest BCUT2D eigenvalue weighted by atomic mass is 19.4. The second-order valence-corrected chi connectivity index (χ2v) is 7.18. The zero-order valence-electron chi connectivity index (χ0n) is 16.7. The fraction of sp³-hybridized carbons (Fsp3) is 0.143. The van der Waals surface area contributed by atoms with Crippen molar-refractivity contribution in [2.24, 2.45) is 12.0 Å². The molecule has 0 N–H and O–H groups in total. The van der Waals surface area contributed by atoms with Crippen molar-refractivity contribution in [2.45, 2.75) is 12.4 Å². The lowest BCUT2D eigenvalue weighted by Crippen LogP contribution is -2.47. The molecule has 12 heteroatoms. The van der Waals surface area contributed by atoms with Crippen LogP contribution in [0, 0.1) is 0 Å². The Bertz CT molecular complexity index is 1440. The molecule has 0 amide bonds. The van der Waals surface area contributed by atoms with Crippen LogP contribution >= 0.6 is 0 Å². The standard InChI is InChI=1S/C21H13BF8N3/c1-32-16-8-4-2-6-12(16)14(20(23,24)25)10-18(32)31-19-11-15(21(26,27)28)13-7-3-5-9-17(13)33(19)22(29)30/h2-11H,1H3/q+1. The summed E-state index contributed by atoms with van der Waals surface area (Å²) in [5.74, 6) is -0.838. The smallest absolute Gasteiger partial charge is 0.308 e. The second kappa shape index (κ2) is 7.86. The van der Waals surface area contributed by atoms with Gasteiger partial charge in [-0.15, -0.1) is 0 Å². The summed E-state index contributed by atoms with van der Waals surface area (Å²) in [6, 6.07) is 11.2. The third kappa shape index (κ3) is 4.05. The van der Waals surface area contributed by atoms with Gasteiger partial charge in [0.2, 0.25) is 5.49 Å². The van der Waals surface area contributed by atoms with Gasteiger partial charge in [-0.1, -0.05) is 36.4 Å². The van der Waals surface area contributed by atoms with Crippen molar-refractivity contribution < 1.29 is 39.5 Å². The van der Waals surface area contributed by atoms with Gasteiger partial charge in [0.25, 0.3) is 0 Å². The van der Waals surface area contributed by atoms with Gasteiger partial charge in [-0.2, -0.15) is 26.3 Å². The van der Waals surface area contributed by atoms with Gasteiger partial charge in [0.05, 0.1) is 16.6 Å². The third-order valence-corrected chi connectivity index (χ3v) is 5.18. The molecule has 170 valence electrons. The highest BCUT2D eigenvalue weighted by Gasteiger charge is 2.40. The van der Waals surface area contributed by atoms with Gasteiger partial charge in [0, 0.05) is 30.0 Å². The third-order valence-electron chi connectivity index (χ3n) is 5.18. The maximum Gasteiger partial charge on any atom is 0.809 e. The number of hydrogen-bond acceptors (Lipinski definition) is 1. The molecule has 0 fully saturated rings. The van der Waals surface area contributed by atoms with Gasteiger partial charge >= 0.3 is 25.6 Å². The van der Waals surface area contributed by atoms with Crippen LogP contribution in [0.5, 0.6) is 0 Å². The number of nitrogens with zero attached hydrogens (tertiary/aromatic N) is 3. The van der Waals surface area contributed by atoms with Crippen LogP contribution in [-0.2, 0) is 19.4 Å². The van der Waals surface area contributed by atoms with Gasteiger partial charge in [0.1, 0.15) is 5.52 Å². The Morgan fingerprint density at radius 3 is 1.94 bits per heavy atom. The quantitative estimate of drug-likeness (QED) is 0.267. The summed E-state index contributed by atoms with van der Waals surface area (Å²) in [4.78, 5) is 3.86. The van der Waals surface area contributed by atoms with E-state index in [1.807, 2.05) is 0 Å². The van der Waals surface area contributed by atoms with E-state index >= 15 is 0 Å². The van der Waals surface area contributed by atoms with Crippen LogP contribution in [0.1, 0.15) is 11.1 Å². The van der Waals surface area contributed by atoms with Crippen molar-refractivity contribution in [1.29, 1.82) is 0 Å². The normalized spacial score (nSPS) is 13.2. The molecule has 0 bridgehead atoms. The van der Waals surface area contributed by atoms with Crippen LogP contribution in [0.3, 0.4) is 0 Å². The Hall–Kier alpha value is -3.44. The van der Waals surface area contributed by atoms with Crippen molar-refractivity contribution in [2.75, 3.05) is 0 Å². The number of fused-ring (bicyclic) bond motifs is 2. The number of benzene rings is 2. The van der Waals surface area contributed by atoms with Gasteiger partial charge in [-0.3, -0.25) is 0 Å². The van der Waals surface area contributed by atoms with E-state index in [1.54, 1.807) is 0 Å². The van der Waals surface area contributed by atoms with E-state index in [2.05, 4.69) is 4.99 Å². The lowest BCUT2D eigenvalue weighted by molar-refractivity contribution is -0.511. The molecular formula is C21H13BF8N3+. The number of pyridine rings is 2. The Morgan fingerprint density at radius 2 is 1.33 bits per heavy atom. The SMILES string of the molecule is Cn1c(=Nc2cc(C(F)(F)F)c3ccccc3[n+]2B(F)F)cc(C(F)(F)F)c2ccccc21. The maximum atomic E-state index is 13.9. The number of alkyl halides is 6. The van der Waals surface area contributed by atoms with Crippen LogP contribution in [0.25, 0.3) is 21.8 Å². The van der Waals surface area contributed by atoms with E-state index in [0.717, 1.165) is 12.1 Å². The Balaban J connectivity index is 2.16. The van der Waals surface area contributed by atoms with Gasteiger partial charge in [-0.05, 0) is 17.1 Å². The molecule has 3 nitrogen and oxygen atoms in total. The van der Waals surface area contributed by atoms with E-state index in [-0.39, 0.29) is 15.4 Å². The molecule has 0 atom stereocenters. The summed E-state index contributed by atoms with van der Waals surface area (Å²) in [6.07, 6.45) is -9.72. The number of aromatic nitrogens is 2. The summed E-state index contributed by atoms with van der Waals surface area (Å²) < 4.78 is 111. The zero-order valence-corrected chi connectivity index (χ0v) is 16.7. The van der Waals surface area contributed by atoms with Crippen molar-refractivity contribution in [3.63, 3.8) is 0 Å². The van der Waals surface area contributed by atoms with E-state index in [1.165, 1.54) is 48.0 Å².